The van der Waals surface area contributed by atoms with E-state index in [2.05, 4.69) is 17.2 Å². The monoisotopic (exact) mass is 305 g/mol. The van der Waals surface area contributed by atoms with Crippen LogP contribution in [0.1, 0.15) is 23.2 Å². The molecule has 1 aromatic rings. The largest absolute Gasteiger partial charge is 0.377 e. The number of hydrogen-bond donors (Lipinski definition) is 3. The summed E-state index contributed by atoms with van der Waals surface area (Å²) in [5, 5.41) is 5.44. The number of nitrogens with one attached hydrogen (secondary N) is 2. The van der Waals surface area contributed by atoms with E-state index in [1.54, 1.807) is 30.3 Å². The molecule has 0 atom stereocenters. The maximum absolute atomic E-state index is 12.0. The first-order valence-corrected chi connectivity index (χ1v) is 7.24. The number of hydrogen-bond acceptors (Lipinski definition) is 4. The quantitative estimate of drug-likeness (QED) is 0.448. The van der Waals surface area contributed by atoms with Crippen LogP contribution in [0.25, 0.3) is 0 Å². The minimum atomic E-state index is -0.254. The topological polar surface area (TPSA) is 93.4 Å². The van der Waals surface area contributed by atoms with Crippen molar-refractivity contribution in [1.29, 1.82) is 0 Å². The van der Waals surface area contributed by atoms with Gasteiger partial charge in [0.25, 0.3) is 5.91 Å². The van der Waals surface area contributed by atoms with Crippen LogP contribution >= 0.6 is 0 Å². The van der Waals surface area contributed by atoms with Gasteiger partial charge < -0.3 is 21.1 Å². The Labute approximate surface area is 130 Å². The second kappa shape index (κ2) is 10.5. The van der Waals surface area contributed by atoms with Crippen molar-refractivity contribution in [3.05, 3.63) is 42.5 Å². The van der Waals surface area contributed by atoms with Crippen molar-refractivity contribution in [2.45, 2.75) is 12.8 Å². The van der Waals surface area contributed by atoms with E-state index in [0.29, 0.717) is 50.4 Å². The summed E-state index contributed by atoms with van der Waals surface area (Å²) >= 11 is 0. The number of rotatable bonds is 10. The lowest BCUT2D eigenvalue weighted by Gasteiger charge is -2.11. The number of anilines is 1. The number of carbonyl (C=O) groups excluding carboxylic acids is 2. The zero-order chi connectivity index (χ0) is 16.2. The van der Waals surface area contributed by atoms with Gasteiger partial charge in [-0.1, -0.05) is 18.2 Å². The molecule has 1 aromatic carbocycles. The minimum Gasteiger partial charge on any atom is -0.377 e. The fourth-order valence-corrected chi connectivity index (χ4v) is 1.79. The summed E-state index contributed by atoms with van der Waals surface area (Å²) in [5.41, 5.74) is 6.28. The SMILES string of the molecule is C=CCOCCCC(=O)Nc1ccccc1C(=O)NCCN. The Balaban J connectivity index is 2.52. The van der Waals surface area contributed by atoms with Gasteiger partial charge >= 0.3 is 0 Å². The van der Waals surface area contributed by atoms with Crippen LogP contribution in [0.15, 0.2) is 36.9 Å². The lowest BCUT2D eigenvalue weighted by molar-refractivity contribution is -0.116. The Morgan fingerprint density at radius 3 is 2.82 bits per heavy atom. The molecule has 6 heteroatoms. The Morgan fingerprint density at radius 2 is 2.09 bits per heavy atom. The Bertz CT molecular complexity index is 503. The molecule has 1 rings (SSSR count). The van der Waals surface area contributed by atoms with Crippen molar-refractivity contribution in [3.8, 4) is 0 Å². The van der Waals surface area contributed by atoms with Crippen LogP contribution in [0.2, 0.25) is 0 Å². The van der Waals surface area contributed by atoms with Crippen molar-refractivity contribution >= 4 is 17.5 Å². The third kappa shape index (κ3) is 6.51. The molecule has 0 radical (unpaired) electrons. The predicted octanol–water partition coefficient (Wildman–Crippen LogP) is 1.30. The molecule has 0 bridgehead atoms. The van der Waals surface area contributed by atoms with Crippen molar-refractivity contribution in [2.75, 3.05) is 31.6 Å². The molecular weight excluding hydrogens is 282 g/mol. The van der Waals surface area contributed by atoms with Gasteiger partial charge in [0.2, 0.25) is 5.91 Å². The molecule has 0 aliphatic rings. The molecule has 120 valence electrons. The first kappa shape index (κ1) is 17.9. The average molecular weight is 305 g/mol. The molecule has 0 saturated carbocycles. The molecule has 6 nitrogen and oxygen atoms in total. The number of benzene rings is 1. The van der Waals surface area contributed by atoms with Crippen molar-refractivity contribution in [1.82, 2.24) is 5.32 Å². The molecule has 0 fully saturated rings. The minimum absolute atomic E-state index is 0.152. The maximum Gasteiger partial charge on any atom is 0.253 e. The van der Waals surface area contributed by atoms with E-state index in [0.717, 1.165) is 0 Å². The van der Waals surface area contributed by atoms with E-state index in [4.69, 9.17) is 10.5 Å². The summed E-state index contributed by atoms with van der Waals surface area (Å²) in [5.74, 6) is -0.406. The number of ether oxygens (including phenoxy) is 1. The zero-order valence-electron chi connectivity index (χ0n) is 12.6. The molecule has 0 saturated heterocycles. The number of nitrogens with two attached hydrogens (primary N) is 1. The molecule has 2 amide bonds. The van der Waals surface area contributed by atoms with Gasteiger partial charge in [-0.2, -0.15) is 0 Å². The molecule has 4 N–H and O–H groups in total. The fourth-order valence-electron chi connectivity index (χ4n) is 1.79. The molecule has 0 unspecified atom stereocenters. The fraction of sp³-hybridized carbons (Fsp3) is 0.375. The molecule has 0 aliphatic carbocycles. The van der Waals surface area contributed by atoms with E-state index in [9.17, 15) is 9.59 Å². The summed E-state index contributed by atoms with van der Waals surface area (Å²) in [6, 6.07) is 6.87. The highest BCUT2D eigenvalue weighted by Gasteiger charge is 2.12. The van der Waals surface area contributed by atoms with Gasteiger partial charge in [-0.05, 0) is 18.6 Å². The molecule has 0 heterocycles. The summed E-state index contributed by atoms with van der Waals surface area (Å²) in [6.45, 7) is 5.28. The molecule has 0 spiro atoms. The molecular formula is C16H23N3O3. The van der Waals surface area contributed by atoms with E-state index in [-0.39, 0.29) is 11.8 Å². The first-order valence-electron chi connectivity index (χ1n) is 7.24. The zero-order valence-corrected chi connectivity index (χ0v) is 12.6. The second-order valence-electron chi connectivity index (χ2n) is 4.61. The lowest BCUT2D eigenvalue weighted by Crippen LogP contribution is -2.30. The summed E-state index contributed by atoms with van der Waals surface area (Å²) in [6.07, 6.45) is 2.60. The van der Waals surface area contributed by atoms with Crippen LogP contribution in [-0.4, -0.2) is 38.1 Å². The second-order valence-corrected chi connectivity index (χ2v) is 4.61. The van der Waals surface area contributed by atoms with Crippen molar-refractivity contribution in [3.63, 3.8) is 0 Å². The number of carbonyl (C=O) groups is 2. The maximum atomic E-state index is 12.0. The highest BCUT2D eigenvalue weighted by atomic mass is 16.5. The van der Waals surface area contributed by atoms with Gasteiger partial charge in [0, 0.05) is 26.1 Å². The van der Waals surface area contributed by atoms with Crippen LogP contribution in [0, 0.1) is 0 Å². The average Bonchev–Trinajstić information content (AvgIpc) is 2.53. The van der Waals surface area contributed by atoms with Crippen LogP contribution in [0.4, 0.5) is 5.69 Å². The van der Waals surface area contributed by atoms with E-state index < -0.39 is 0 Å². The lowest BCUT2D eigenvalue weighted by atomic mass is 10.1. The van der Waals surface area contributed by atoms with E-state index in [1.165, 1.54) is 0 Å². The highest BCUT2D eigenvalue weighted by molar-refractivity contribution is 6.03. The van der Waals surface area contributed by atoms with Crippen LogP contribution in [0.5, 0.6) is 0 Å². The number of amides is 2. The smallest absolute Gasteiger partial charge is 0.253 e. The highest BCUT2D eigenvalue weighted by Crippen LogP contribution is 2.15. The predicted molar refractivity (Wildman–Crippen MR) is 86.7 cm³/mol. The van der Waals surface area contributed by atoms with Crippen LogP contribution in [-0.2, 0) is 9.53 Å². The summed E-state index contributed by atoms with van der Waals surface area (Å²) in [4.78, 5) is 23.9. The normalized spacial score (nSPS) is 10.0. The van der Waals surface area contributed by atoms with Crippen LogP contribution in [0.3, 0.4) is 0 Å². The third-order valence-corrected chi connectivity index (χ3v) is 2.80. The van der Waals surface area contributed by atoms with Gasteiger partial charge in [0.1, 0.15) is 0 Å². The Morgan fingerprint density at radius 1 is 1.32 bits per heavy atom. The first-order chi connectivity index (χ1) is 10.7. The van der Waals surface area contributed by atoms with Crippen molar-refractivity contribution in [2.24, 2.45) is 5.73 Å². The molecule has 22 heavy (non-hydrogen) atoms. The Kier molecular flexibility index (Phi) is 8.56. The molecule has 0 aromatic heterocycles. The molecule has 0 aliphatic heterocycles. The van der Waals surface area contributed by atoms with Gasteiger partial charge in [-0.15, -0.1) is 6.58 Å². The standard InChI is InChI=1S/C16H23N3O3/c1-2-11-22-12-5-8-15(20)19-14-7-4-3-6-13(14)16(21)18-10-9-17/h2-4,6-7H,1,5,8-12,17H2,(H,18,21)(H,19,20). The van der Waals surface area contributed by atoms with Gasteiger partial charge in [-0.3, -0.25) is 9.59 Å². The van der Waals surface area contributed by atoms with Gasteiger partial charge in [-0.25, -0.2) is 0 Å². The van der Waals surface area contributed by atoms with Gasteiger partial charge in [0.05, 0.1) is 17.9 Å². The summed E-state index contributed by atoms with van der Waals surface area (Å²) in [7, 11) is 0. The van der Waals surface area contributed by atoms with Crippen molar-refractivity contribution < 1.29 is 14.3 Å². The number of para-hydroxylation sites is 1. The van der Waals surface area contributed by atoms with E-state index in [1.807, 2.05) is 0 Å². The van der Waals surface area contributed by atoms with Crippen LogP contribution < -0.4 is 16.4 Å². The van der Waals surface area contributed by atoms with E-state index >= 15 is 0 Å². The Hall–Kier alpha value is -2.18. The third-order valence-electron chi connectivity index (χ3n) is 2.80. The summed E-state index contributed by atoms with van der Waals surface area (Å²) < 4.78 is 5.22. The van der Waals surface area contributed by atoms with Gasteiger partial charge in [0.15, 0.2) is 0 Å².